The van der Waals surface area contributed by atoms with Gasteiger partial charge in [0.1, 0.15) is 4.21 Å². The van der Waals surface area contributed by atoms with Crippen LogP contribution in [0, 0.1) is 6.92 Å². The molecule has 4 nitrogen and oxygen atoms in total. The lowest BCUT2D eigenvalue weighted by Gasteiger charge is -2.14. The average Bonchev–Trinajstić information content (AvgIpc) is 2.56. The number of nitrogens with two attached hydrogens (primary N) is 1. The third-order valence-electron chi connectivity index (χ3n) is 2.15. The molecule has 0 aliphatic rings. The Balaban J connectivity index is 3.00. The van der Waals surface area contributed by atoms with Crippen molar-refractivity contribution in [2.75, 3.05) is 0 Å². The molecule has 0 saturated heterocycles. The summed E-state index contributed by atoms with van der Waals surface area (Å²) in [6, 6.07) is 0.998. The van der Waals surface area contributed by atoms with E-state index < -0.39 is 16.1 Å². The van der Waals surface area contributed by atoms with Crippen LogP contribution in [0.15, 0.2) is 10.3 Å². The highest BCUT2D eigenvalue weighted by molar-refractivity contribution is 7.91. The Labute approximate surface area is 115 Å². The van der Waals surface area contributed by atoms with E-state index in [9.17, 15) is 8.42 Å². The number of halogens is 1. The van der Waals surface area contributed by atoms with Gasteiger partial charge in [0.2, 0.25) is 0 Å². The van der Waals surface area contributed by atoms with Crippen molar-refractivity contribution in [3.63, 3.8) is 0 Å². The Bertz CT molecular complexity index is 505. The Morgan fingerprint density at radius 1 is 1.71 bits per heavy atom. The summed E-state index contributed by atoms with van der Waals surface area (Å²) in [6.45, 7) is 3.56. The van der Waals surface area contributed by atoms with Crippen molar-refractivity contribution in [2.45, 2.75) is 30.5 Å². The minimum Gasteiger partial charge on any atom is -0.392 e. The first-order valence-electron chi connectivity index (χ1n) is 4.85. The molecular weight excluding hydrogens is 300 g/mol. The molecule has 96 valence electrons. The number of rotatable bonds is 5. The van der Waals surface area contributed by atoms with E-state index >= 15 is 0 Å². The maximum Gasteiger partial charge on any atom is 0.250 e. The largest absolute Gasteiger partial charge is 0.392 e. The van der Waals surface area contributed by atoms with Crippen LogP contribution in [-0.2, 0) is 10.0 Å². The van der Waals surface area contributed by atoms with E-state index in [-0.39, 0.29) is 9.20 Å². The zero-order valence-corrected chi connectivity index (χ0v) is 12.6. The molecule has 0 saturated carbocycles. The number of thiophene rings is 1. The van der Waals surface area contributed by atoms with Crippen LogP contribution >= 0.6 is 35.2 Å². The molecule has 1 rings (SSSR count). The third kappa shape index (κ3) is 3.62. The van der Waals surface area contributed by atoms with Gasteiger partial charge in [0.05, 0.1) is 15.4 Å². The first kappa shape index (κ1) is 14.8. The molecule has 1 heterocycles. The van der Waals surface area contributed by atoms with Crippen LogP contribution in [-0.4, -0.2) is 19.4 Å². The number of aryl methyl sites for hydroxylation is 1. The van der Waals surface area contributed by atoms with Gasteiger partial charge in [-0.3, -0.25) is 0 Å². The van der Waals surface area contributed by atoms with Gasteiger partial charge in [-0.25, -0.2) is 13.1 Å². The predicted octanol–water partition coefficient (Wildman–Crippen LogP) is 2.05. The minimum absolute atomic E-state index is 0.135. The van der Waals surface area contributed by atoms with Crippen LogP contribution in [0.5, 0.6) is 0 Å². The normalized spacial score (nSPS) is 13.6. The lowest BCUT2D eigenvalue weighted by atomic mass is 10.2. The first-order valence-corrected chi connectivity index (χ1v) is 7.94. The van der Waals surface area contributed by atoms with Gasteiger partial charge in [0.25, 0.3) is 10.0 Å². The quantitative estimate of drug-likeness (QED) is 0.816. The maximum atomic E-state index is 12.0. The second kappa shape index (κ2) is 5.62. The van der Waals surface area contributed by atoms with Gasteiger partial charge >= 0.3 is 0 Å². The van der Waals surface area contributed by atoms with Crippen LogP contribution in [0.2, 0.25) is 4.34 Å². The topological polar surface area (TPSA) is 72.2 Å². The summed E-state index contributed by atoms with van der Waals surface area (Å²) in [7, 11) is -3.60. The summed E-state index contributed by atoms with van der Waals surface area (Å²) in [5.74, 6) is 0. The average molecular weight is 313 g/mol. The zero-order chi connectivity index (χ0) is 13.2. The van der Waals surface area contributed by atoms with Crippen molar-refractivity contribution in [1.29, 1.82) is 0 Å². The highest BCUT2D eigenvalue weighted by atomic mass is 35.5. The number of nitrogens with one attached hydrogen (secondary N) is 1. The van der Waals surface area contributed by atoms with Gasteiger partial charge in [-0.2, -0.15) is 0 Å². The maximum absolute atomic E-state index is 12.0. The molecule has 1 atom stereocenters. The van der Waals surface area contributed by atoms with Crippen LogP contribution in [0.25, 0.3) is 0 Å². The SMILES string of the molecule is CCC(NS(=O)(=O)c1cc(C)c(Cl)s1)C(N)=S. The molecule has 17 heavy (non-hydrogen) atoms. The molecular formula is C9H13ClN2O2S3. The summed E-state index contributed by atoms with van der Waals surface area (Å²) in [5, 5.41) is 0. The number of hydrogen-bond donors (Lipinski definition) is 2. The monoisotopic (exact) mass is 312 g/mol. The van der Waals surface area contributed by atoms with Crippen molar-refractivity contribution in [3.05, 3.63) is 16.0 Å². The smallest absolute Gasteiger partial charge is 0.250 e. The standard InChI is InChI=1S/C9H13ClN2O2S3/c1-3-6(9(11)15)12-17(13,14)7-4-5(2)8(10)16-7/h4,6,12H,3H2,1-2H3,(H2,11,15). The van der Waals surface area contributed by atoms with Crippen molar-refractivity contribution in [3.8, 4) is 0 Å². The molecule has 1 aromatic heterocycles. The van der Waals surface area contributed by atoms with Crippen molar-refractivity contribution < 1.29 is 8.42 Å². The Morgan fingerprint density at radius 2 is 2.29 bits per heavy atom. The van der Waals surface area contributed by atoms with Crippen LogP contribution in [0.4, 0.5) is 0 Å². The van der Waals surface area contributed by atoms with Gasteiger partial charge in [-0.15, -0.1) is 11.3 Å². The molecule has 0 radical (unpaired) electrons. The molecule has 0 aromatic carbocycles. The fourth-order valence-corrected chi connectivity index (χ4v) is 4.48. The number of hydrogen-bond acceptors (Lipinski definition) is 4. The molecule has 0 spiro atoms. The van der Waals surface area contributed by atoms with E-state index in [2.05, 4.69) is 4.72 Å². The molecule has 0 amide bonds. The van der Waals surface area contributed by atoms with Crippen molar-refractivity contribution in [2.24, 2.45) is 5.73 Å². The number of sulfonamides is 1. The highest BCUT2D eigenvalue weighted by Gasteiger charge is 2.23. The molecule has 0 fully saturated rings. The summed E-state index contributed by atoms with van der Waals surface area (Å²) in [4.78, 5) is 0.135. The van der Waals surface area contributed by atoms with Crippen molar-refractivity contribution >= 4 is 50.2 Å². The van der Waals surface area contributed by atoms with Gasteiger partial charge < -0.3 is 5.73 Å². The third-order valence-corrected chi connectivity index (χ3v) is 5.93. The fourth-order valence-electron chi connectivity index (χ4n) is 1.15. The molecule has 0 bridgehead atoms. The molecule has 1 aromatic rings. The summed E-state index contributed by atoms with van der Waals surface area (Å²) in [5.41, 5.74) is 6.19. The second-order valence-electron chi connectivity index (χ2n) is 3.51. The molecule has 0 aliphatic heterocycles. The van der Waals surface area contributed by atoms with E-state index in [1.807, 2.05) is 0 Å². The lowest BCUT2D eigenvalue weighted by molar-refractivity contribution is 0.574. The van der Waals surface area contributed by atoms with E-state index in [1.54, 1.807) is 13.8 Å². The molecule has 1 unspecified atom stereocenters. The van der Waals surface area contributed by atoms with E-state index in [0.717, 1.165) is 16.9 Å². The minimum atomic E-state index is -3.60. The summed E-state index contributed by atoms with van der Waals surface area (Å²) in [6.07, 6.45) is 0.507. The fraction of sp³-hybridized carbons (Fsp3) is 0.444. The molecule has 3 N–H and O–H groups in total. The van der Waals surface area contributed by atoms with E-state index in [1.165, 1.54) is 6.07 Å². The van der Waals surface area contributed by atoms with Crippen LogP contribution in [0.3, 0.4) is 0 Å². The van der Waals surface area contributed by atoms with Crippen LogP contribution in [0.1, 0.15) is 18.9 Å². The van der Waals surface area contributed by atoms with Gasteiger partial charge in [-0.1, -0.05) is 30.7 Å². The summed E-state index contributed by atoms with van der Waals surface area (Å²) >= 11 is 11.7. The van der Waals surface area contributed by atoms with Gasteiger partial charge in [0.15, 0.2) is 0 Å². The van der Waals surface area contributed by atoms with Crippen LogP contribution < -0.4 is 10.5 Å². The zero-order valence-electron chi connectivity index (χ0n) is 9.36. The van der Waals surface area contributed by atoms with Gasteiger partial charge in [0, 0.05) is 0 Å². The highest BCUT2D eigenvalue weighted by Crippen LogP contribution is 2.30. The molecule has 0 aliphatic carbocycles. The van der Waals surface area contributed by atoms with Crippen molar-refractivity contribution in [1.82, 2.24) is 4.72 Å². The van der Waals surface area contributed by atoms with Gasteiger partial charge in [-0.05, 0) is 25.0 Å². The Hall–Kier alpha value is -0.210. The lowest BCUT2D eigenvalue weighted by Crippen LogP contribution is -2.42. The van der Waals surface area contributed by atoms with E-state index in [4.69, 9.17) is 29.6 Å². The predicted molar refractivity (Wildman–Crippen MR) is 75.3 cm³/mol. The molecule has 8 heteroatoms. The van der Waals surface area contributed by atoms with E-state index in [0.29, 0.717) is 10.8 Å². The Kier molecular flexibility index (Phi) is 4.91. The number of thiocarbonyl (C=S) groups is 1. The Morgan fingerprint density at radius 3 is 2.65 bits per heavy atom. The first-order chi connectivity index (χ1) is 7.77. The summed E-state index contributed by atoms with van der Waals surface area (Å²) < 4.78 is 27.1. The second-order valence-corrected chi connectivity index (χ2v) is 7.57.